The number of amides is 2. The van der Waals surface area contributed by atoms with E-state index in [0.717, 1.165) is 12.0 Å². The van der Waals surface area contributed by atoms with E-state index in [9.17, 15) is 14.7 Å². The zero-order valence-electron chi connectivity index (χ0n) is 18.5. The SMILES string of the molecule is Cc1c(C(=O)Nc2ccc3c(c2)OCCO3)oc2c1/C(=N/NC(=O)c1ccc(O)cc1)CCC2. The number of aromatic hydroxyl groups is 1. The number of hydrazone groups is 1. The first-order valence-corrected chi connectivity index (χ1v) is 11.0. The molecule has 3 N–H and O–H groups in total. The lowest BCUT2D eigenvalue weighted by atomic mass is 9.93. The number of phenolic OH excluding ortho intramolecular Hbond substituents is 1. The van der Waals surface area contributed by atoms with Gasteiger partial charge in [-0.05, 0) is 56.2 Å². The van der Waals surface area contributed by atoms with Gasteiger partial charge in [-0.2, -0.15) is 5.10 Å². The maximum absolute atomic E-state index is 13.0. The van der Waals surface area contributed by atoms with Gasteiger partial charge in [0.25, 0.3) is 11.8 Å². The van der Waals surface area contributed by atoms with Gasteiger partial charge >= 0.3 is 0 Å². The average molecular weight is 461 g/mol. The molecule has 0 radical (unpaired) electrons. The third kappa shape index (κ3) is 4.19. The van der Waals surface area contributed by atoms with Crippen LogP contribution in [0.15, 0.2) is 52.0 Å². The van der Waals surface area contributed by atoms with Crippen molar-refractivity contribution in [3.63, 3.8) is 0 Å². The molecule has 174 valence electrons. The van der Waals surface area contributed by atoms with Crippen LogP contribution >= 0.6 is 0 Å². The van der Waals surface area contributed by atoms with E-state index in [4.69, 9.17) is 13.9 Å². The molecule has 0 spiro atoms. The topological polar surface area (TPSA) is 122 Å². The normalized spacial score (nSPS) is 15.5. The van der Waals surface area contributed by atoms with Gasteiger partial charge in [-0.25, -0.2) is 5.43 Å². The minimum atomic E-state index is -0.391. The third-order valence-corrected chi connectivity index (χ3v) is 5.75. The van der Waals surface area contributed by atoms with Crippen molar-refractivity contribution in [3.05, 3.63) is 70.7 Å². The lowest BCUT2D eigenvalue weighted by Gasteiger charge is -2.18. The lowest BCUT2D eigenvalue weighted by molar-refractivity contribution is 0.0953. The van der Waals surface area contributed by atoms with Crippen LogP contribution in [0.25, 0.3) is 0 Å². The first kappa shape index (κ1) is 21.6. The molecule has 3 aromatic rings. The fourth-order valence-electron chi connectivity index (χ4n) is 4.10. The number of carbonyl (C=O) groups excluding carboxylic acids is 2. The van der Waals surface area contributed by atoms with E-state index >= 15 is 0 Å². The monoisotopic (exact) mass is 461 g/mol. The van der Waals surface area contributed by atoms with E-state index in [1.807, 2.05) is 6.92 Å². The molecule has 9 nitrogen and oxygen atoms in total. The molecule has 2 aromatic carbocycles. The summed E-state index contributed by atoms with van der Waals surface area (Å²) in [6.45, 7) is 2.76. The van der Waals surface area contributed by atoms with Crippen LogP contribution in [0.5, 0.6) is 17.2 Å². The van der Waals surface area contributed by atoms with Gasteiger partial charge in [0.1, 0.15) is 24.7 Å². The number of nitrogens with zero attached hydrogens (tertiary/aromatic N) is 1. The summed E-state index contributed by atoms with van der Waals surface area (Å²) in [6, 6.07) is 11.1. The molecule has 0 saturated carbocycles. The number of carbonyl (C=O) groups is 2. The Balaban J connectivity index is 1.35. The van der Waals surface area contributed by atoms with E-state index in [1.54, 1.807) is 18.2 Å². The Bertz CT molecular complexity index is 1290. The number of fused-ring (bicyclic) bond motifs is 2. The first-order valence-electron chi connectivity index (χ1n) is 11.0. The zero-order valence-corrected chi connectivity index (χ0v) is 18.5. The summed E-state index contributed by atoms with van der Waals surface area (Å²) in [5.41, 5.74) is 5.59. The van der Waals surface area contributed by atoms with Crippen LogP contribution in [-0.2, 0) is 6.42 Å². The maximum atomic E-state index is 13.0. The van der Waals surface area contributed by atoms with E-state index in [2.05, 4.69) is 15.8 Å². The van der Waals surface area contributed by atoms with Crippen LogP contribution in [0.3, 0.4) is 0 Å². The van der Waals surface area contributed by atoms with E-state index < -0.39 is 5.91 Å². The molecule has 0 fully saturated rings. The zero-order chi connectivity index (χ0) is 23.7. The van der Waals surface area contributed by atoms with Gasteiger partial charge in [0, 0.05) is 34.9 Å². The Hall–Kier alpha value is -4.27. The molecule has 34 heavy (non-hydrogen) atoms. The number of rotatable bonds is 4. The summed E-state index contributed by atoms with van der Waals surface area (Å²) in [4.78, 5) is 25.4. The molecule has 0 saturated heterocycles. The highest BCUT2D eigenvalue weighted by molar-refractivity contribution is 6.09. The van der Waals surface area contributed by atoms with Gasteiger partial charge in [-0.15, -0.1) is 0 Å². The van der Waals surface area contributed by atoms with Crippen LogP contribution in [0.4, 0.5) is 5.69 Å². The largest absolute Gasteiger partial charge is 0.508 e. The lowest BCUT2D eigenvalue weighted by Crippen LogP contribution is -2.22. The minimum Gasteiger partial charge on any atom is -0.508 e. The predicted molar refractivity (Wildman–Crippen MR) is 124 cm³/mol. The van der Waals surface area contributed by atoms with Crippen molar-refractivity contribution in [3.8, 4) is 17.2 Å². The van der Waals surface area contributed by atoms with Gasteiger partial charge in [-0.3, -0.25) is 9.59 Å². The van der Waals surface area contributed by atoms with Crippen LogP contribution in [0.1, 0.15) is 50.6 Å². The Kier molecular flexibility index (Phi) is 5.67. The molecule has 1 aromatic heterocycles. The van der Waals surface area contributed by atoms with Gasteiger partial charge < -0.3 is 24.3 Å². The standard InChI is InChI=1S/C25H23N3O6/c1-14-22-18(27-28-24(30)15-5-8-17(29)9-6-15)3-2-4-20(22)34-23(14)25(31)26-16-7-10-19-21(13-16)33-12-11-32-19/h5-10,13,29H,2-4,11-12H2,1H3,(H,26,31)(H,28,30)/b27-18+. The number of furan rings is 1. The molecule has 5 rings (SSSR count). The average Bonchev–Trinajstić information content (AvgIpc) is 3.20. The number of aryl methyl sites for hydroxylation is 1. The highest BCUT2D eigenvalue weighted by atomic mass is 16.6. The fraction of sp³-hybridized carbons (Fsp3) is 0.240. The Morgan fingerprint density at radius 2 is 1.74 bits per heavy atom. The summed E-state index contributed by atoms with van der Waals surface area (Å²) in [6.07, 6.45) is 2.11. The second-order valence-corrected chi connectivity index (χ2v) is 8.07. The summed E-state index contributed by atoms with van der Waals surface area (Å²) in [7, 11) is 0. The fourth-order valence-corrected chi connectivity index (χ4v) is 4.10. The Labute approximate surface area is 195 Å². The second-order valence-electron chi connectivity index (χ2n) is 8.07. The molecule has 0 atom stereocenters. The quantitative estimate of drug-likeness (QED) is 0.508. The van der Waals surface area contributed by atoms with Crippen LogP contribution in [0, 0.1) is 6.92 Å². The Morgan fingerprint density at radius 1 is 0.971 bits per heavy atom. The van der Waals surface area contributed by atoms with Crippen LogP contribution in [-0.4, -0.2) is 35.8 Å². The van der Waals surface area contributed by atoms with E-state index in [0.29, 0.717) is 65.8 Å². The number of benzene rings is 2. The highest BCUT2D eigenvalue weighted by Gasteiger charge is 2.28. The summed E-state index contributed by atoms with van der Waals surface area (Å²) >= 11 is 0. The highest BCUT2D eigenvalue weighted by Crippen LogP contribution is 2.34. The third-order valence-electron chi connectivity index (χ3n) is 5.75. The van der Waals surface area contributed by atoms with Crippen LogP contribution < -0.4 is 20.2 Å². The molecule has 2 heterocycles. The molecule has 0 unspecified atom stereocenters. The number of hydrogen-bond donors (Lipinski definition) is 3. The summed E-state index contributed by atoms with van der Waals surface area (Å²) in [5.74, 6) is 1.42. The first-order chi connectivity index (χ1) is 16.5. The molecular weight excluding hydrogens is 438 g/mol. The minimum absolute atomic E-state index is 0.0795. The van der Waals surface area contributed by atoms with Crippen molar-refractivity contribution in [1.82, 2.24) is 5.43 Å². The number of phenols is 1. The molecule has 0 bridgehead atoms. The number of ether oxygens (including phenoxy) is 2. The Morgan fingerprint density at radius 3 is 2.53 bits per heavy atom. The summed E-state index contributed by atoms with van der Waals surface area (Å²) in [5, 5.41) is 16.6. The predicted octanol–water partition coefficient (Wildman–Crippen LogP) is 3.79. The van der Waals surface area contributed by atoms with Gasteiger partial charge in [-0.1, -0.05) is 0 Å². The molecule has 1 aliphatic heterocycles. The van der Waals surface area contributed by atoms with Crippen molar-refractivity contribution >= 4 is 23.2 Å². The molecular formula is C25H23N3O6. The van der Waals surface area contributed by atoms with Gasteiger partial charge in [0.15, 0.2) is 17.3 Å². The number of hydrogen-bond acceptors (Lipinski definition) is 7. The second kappa shape index (κ2) is 8.93. The molecule has 1 aliphatic carbocycles. The smallest absolute Gasteiger partial charge is 0.291 e. The summed E-state index contributed by atoms with van der Waals surface area (Å²) < 4.78 is 17.0. The van der Waals surface area contributed by atoms with E-state index in [1.165, 1.54) is 24.3 Å². The van der Waals surface area contributed by atoms with Gasteiger partial charge in [0.05, 0.1) is 5.71 Å². The van der Waals surface area contributed by atoms with E-state index in [-0.39, 0.29) is 17.4 Å². The van der Waals surface area contributed by atoms with Crippen molar-refractivity contribution in [2.24, 2.45) is 5.10 Å². The van der Waals surface area contributed by atoms with Crippen molar-refractivity contribution in [1.29, 1.82) is 0 Å². The van der Waals surface area contributed by atoms with Crippen LogP contribution in [0.2, 0.25) is 0 Å². The molecule has 2 amide bonds. The van der Waals surface area contributed by atoms with Crippen molar-refractivity contribution < 1.29 is 28.6 Å². The van der Waals surface area contributed by atoms with Gasteiger partial charge in [0.2, 0.25) is 0 Å². The maximum Gasteiger partial charge on any atom is 0.291 e. The molecule has 2 aliphatic rings. The number of nitrogens with one attached hydrogen (secondary N) is 2. The number of anilines is 1. The van der Waals surface area contributed by atoms with Crippen molar-refractivity contribution in [2.75, 3.05) is 18.5 Å². The molecule has 9 heteroatoms. The van der Waals surface area contributed by atoms with Crippen molar-refractivity contribution in [2.45, 2.75) is 26.2 Å².